The van der Waals surface area contributed by atoms with Crippen LogP contribution in [0, 0.1) is 17.8 Å². The minimum absolute atomic E-state index is 0.0417. The van der Waals surface area contributed by atoms with Crippen molar-refractivity contribution in [1.29, 1.82) is 0 Å². The zero-order valence-corrected chi connectivity index (χ0v) is 33.2. The Balaban J connectivity index is 1.01. The first-order valence-corrected chi connectivity index (χ1v) is 20.3. The van der Waals surface area contributed by atoms with Crippen LogP contribution in [0.4, 0.5) is 23.1 Å². The van der Waals surface area contributed by atoms with Gasteiger partial charge in [0, 0.05) is 44.3 Å². The van der Waals surface area contributed by atoms with E-state index in [0.717, 1.165) is 76.8 Å². The zero-order chi connectivity index (χ0) is 38.5. The molecule has 2 saturated carbocycles. The molecule has 0 radical (unpaired) electrons. The number of aromatic nitrogens is 2. The summed E-state index contributed by atoms with van der Waals surface area (Å²) in [6.07, 6.45) is 12.1. The van der Waals surface area contributed by atoms with Gasteiger partial charge in [-0.3, -0.25) is 14.4 Å². The number of nitrogens with one attached hydrogen (secondary N) is 2. The number of hydrogen-bond acceptors (Lipinski definition) is 11. The van der Waals surface area contributed by atoms with Crippen LogP contribution in [-0.2, 0) is 14.3 Å². The number of carbonyl (C=O) groups excluding carboxylic acids is 3. The standard InChI is InChI=1S/C41H62N8O5/c1-7-33-39(51)47(5)34-24-43-41(46-37(34)49(33)29-10-8-9-11-29)45-32-15-13-27(23-36(32)53-6)38(50)44-28-16-19-48(20-17-28)21-18-31(42)40(52)54-35-22-26(4)12-14-30(35)25(2)3/h13,15,23-26,28-31,33,35H,7-12,14,16-22,42H2,1-6H3,(H,44,50)(H,43,45,46)/t26-,30+,31+,33-,35-/m1/s1. The van der Waals surface area contributed by atoms with E-state index in [0.29, 0.717) is 59.2 Å². The van der Waals surface area contributed by atoms with Gasteiger partial charge in [-0.2, -0.15) is 4.98 Å². The van der Waals surface area contributed by atoms with E-state index >= 15 is 0 Å². The summed E-state index contributed by atoms with van der Waals surface area (Å²) < 4.78 is 11.7. The molecule has 3 fully saturated rings. The number of carbonyl (C=O) groups is 3. The number of piperidine rings is 1. The summed E-state index contributed by atoms with van der Waals surface area (Å²) in [4.78, 5) is 55.3. The van der Waals surface area contributed by atoms with Crippen molar-refractivity contribution in [2.24, 2.45) is 23.5 Å². The van der Waals surface area contributed by atoms with E-state index in [1.54, 1.807) is 37.4 Å². The quantitative estimate of drug-likeness (QED) is 0.218. The first kappa shape index (κ1) is 39.7. The van der Waals surface area contributed by atoms with Crippen LogP contribution in [0.5, 0.6) is 5.75 Å². The van der Waals surface area contributed by atoms with Crippen molar-refractivity contribution in [2.45, 2.75) is 129 Å². The maximum Gasteiger partial charge on any atom is 0.323 e. The number of hydrogen-bond donors (Lipinski definition) is 3. The van der Waals surface area contributed by atoms with E-state index in [9.17, 15) is 14.4 Å². The summed E-state index contributed by atoms with van der Waals surface area (Å²) in [5, 5.41) is 6.50. The molecule has 0 bridgehead atoms. The lowest BCUT2D eigenvalue weighted by atomic mass is 9.75. The van der Waals surface area contributed by atoms with Crippen LogP contribution in [-0.4, -0.2) is 96.7 Å². The van der Waals surface area contributed by atoms with Gasteiger partial charge >= 0.3 is 5.97 Å². The molecule has 4 N–H and O–H groups in total. The molecule has 5 atom stereocenters. The van der Waals surface area contributed by atoms with Gasteiger partial charge in [0.15, 0.2) is 5.82 Å². The molecule has 0 unspecified atom stereocenters. The monoisotopic (exact) mass is 746 g/mol. The van der Waals surface area contributed by atoms with E-state index in [2.05, 4.69) is 46.2 Å². The number of methoxy groups -OCH3 is 1. The number of esters is 1. The van der Waals surface area contributed by atoms with Crippen molar-refractivity contribution in [2.75, 3.05) is 48.9 Å². The number of fused-ring (bicyclic) bond motifs is 1. The van der Waals surface area contributed by atoms with Crippen LogP contribution in [0.1, 0.15) is 109 Å². The minimum Gasteiger partial charge on any atom is -0.495 e. The van der Waals surface area contributed by atoms with Crippen LogP contribution in [0.2, 0.25) is 0 Å². The first-order valence-electron chi connectivity index (χ1n) is 20.3. The Kier molecular flexibility index (Phi) is 13.0. The summed E-state index contributed by atoms with van der Waals surface area (Å²) >= 11 is 0. The fraction of sp³-hybridized carbons (Fsp3) is 0.683. The number of amides is 2. The molecule has 1 aromatic carbocycles. The van der Waals surface area contributed by atoms with Crippen molar-refractivity contribution in [1.82, 2.24) is 20.2 Å². The Morgan fingerprint density at radius 3 is 2.50 bits per heavy atom. The van der Waals surface area contributed by atoms with Gasteiger partial charge in [-0.15, -0.1) is 0 Å². The van der Waals surface area contributed by atoms with Gasteiger partial charge in [0.25, 0.3) is 5.91 Å². The second-order valence-electron chi connectivity index (χ2n) is 16.4. The molecule has 3 heterocycles. The average Bonchev–Trinajstić information content (AvgIpc) is 3.70. The van der Waals surface area contributed by atoms with Crippen molar-refractivity contribution in [3.05, 3.63) is 30.0 Å². The molecule has 2 amide bonds. The van der Waals surface area contributed by atoms with Crippen molar-refractivity contribution < 1.29 is 23.9 Å². The molecule has 2 aliphatic heterocycles. The maximum atomic E-state index is 13.4. The van der Waals surface area contributed by atoms with Gasteiger partial charge in [0.2, 0.25) is 11.9 Å². The molecule has 54 heavy (non-hydrogen) atoms. The van der Waals surface area contributed by atoms with Gasteiger partial charge in [-0.05, 0) is 87.3 Å². The number of ether oxygens (including phenoxy) is 2. The number of nitrogens with two attached hydrogens (primary N) is 1. The highest BCUT2D eigenvalue weighted by Crippen LogP contribution is 2.41. The molecule has 6 rings (SSSR count). The Hall–Kier alpha value is -3.97. The van der Waals surface area contributed by atoms with Crippen LogP contribution in [0.25, 0.3) is 0 Å². The Labute approximate surface area is 321 Å². The number of nitrogens with zero attached hydrogens (tertiary/aromatic N) is 5. The van der Waals surface area contributed by atoms with E-state index < -0.39 is 6.04 Å². The van der Waals surface area contributed by atoms with Gasteiger partial charge in [0.1, 0.15) is 29.6 Å². The topological polar surface area (TPSA) is 155 Å². The number of anilines is 4. The van der Waals surface area contributed by atoms with E-state index in [-0.39, 0.29) is 42.0 Å². The van der Waals surface area contributed by atoms with Gasteiger partial charge in [-0.1, -0.05) is 47.0 Å². The van der Waals surface area contributed by atoms with Crippen molar-refractivity contribution in [3.8, 4) is 5.75 Å². The Bertz CT molecular complexity index is 1620. The third-order valence-corrected chi connectivity index (χ3v) is 12.3. The van der Waals surface area contributed by atoms with E-state index in [4.69, 9.17) is 20.2 Å². The summed E-state index contributed by atoms with van der Waals surface area (Å²) in [6.45, 7) is 11.1. The lowest BCUT2D eigenvalue weighted by molar-refractivity contribution is -0.157. The van der Waals surface area contributed by atoms with E-state index in [1.807, 2.05) is 13.0 Å². The Morgan fingerprint density at radius 2 is 1.81 bits per heavy atom. The molecule has 1 saturated heterocycles. The molecule has 13 heteroatoms. The normalized spacial score (nSPS) is 24.7. The number of likely N-dealkylation sites (tertiary alicyclic amines) is 1. The number of rotatable bonds is 13. The van der Waals surface area contributed by atoms with Crippen molar-refractivity contribution in [3.63, 3.8) is 0 Å². The molecule has 1 aromatic heterocycles. The van der Waals surface area contributed by atoms with Crippen molar-refractivity contribution >= 4 is 40.9 Å². The lowest BCUT2D eigenvalue weighted by Gasteiger charge is -2.43. The first-order chi connectivity index (χ1) is 26.0. The maximum absolute atomic E-state index is 13.4. The summed E-state index contributed by atoms with van der Waals surface area (Å²) in [6, 6.07) is 4.74. The van der Waals surface area contributed by atoms with Crippen LogP contribution in [0.15, 0.2) is 24.4 Å². The number of benzene rings is 1. The molecular formula is C41H62N8O5. The summed E-state index contributed by atoms with van der Waals surface area (Å²) in [7, 11) is 3.36. The molecule has 2 aromatic rings. The fourth-order valence-corrected chi connectivity index (χ4v) is 9.00. The number of likely N-dealkylation sites (N-methyl/N-ethyl adjacent to an activating group) is 1. The SMILES string of the molecule is CC[C@@H]1C(=O)N(C)c2cnc(Nc3ccc(C(=O)NC4CCN(CC[C@H](N)C(=O)O[C@@H]5C[C@H](C)CC[C@H]5C(C)C)CC4)cc3OC)nc2N1C1CCCC1. The second kappa shape index (κ2) is 17.7. The average molecular weight is 747 g/mol. The van der Waals surface area contributed by atoms with Crippen LogP contribution < -0.4 is 30.9 Å². The van der Waals surface area contributed by atoms with Gasteiger partial charge < -0.3 is 40.5 Å². The third kappa shape index (κ3) is 8.94. The highest BCUT2D eigenvalue weighted by molar-refractivity contribution is 6.04. The van der Waals surface area contributed by atoms with Crippen LogP contribution in [0.3, 0.4) is 0 Å². The second-order valence-corrected chi connectivity index (χ2v) is 16.4. The minimum atomic E-state index is -0.633. The fourth-order valence-electron chi connectivity index (χ4n) is 9.00. The summed E-state index contributed by atoms with van der Waals surface area (Å²) in [5.74, 6) is 2.74. The van der Waals surface area contributed by atoms with Gasteiger partial charge in [-0.25, -0.2) is 4.98 Å². The smallest absolute Gasteiger partial charge is 0.323 e. The van der Waals surface area contributed by atoms with Gasteiger partial charge in [0.05, 0.1) is 19.0 Å². The zero-order valence-electron chi connectivity index (χ0n) is 33.2. The predicted molar refractivity (Wildman–Crippen MR) is 211 cm³/mol. The van der Waals surface area contributed by atoms with Crippen LogP contribution >= 0.6 is 0 Å². The molecule has 2 aliphatic carbocycles. The largest absolute Gasteiger partial charge is 0.495 e. The molecular weight excluding hydrogens is 685 g/mol. The summed E-state index contributed by atoms with van der Waals surface area (Å²) in [5.41, 5.74) is 8.17. The Morgan fingerprint density at radius 1 is 1.07 bits per heavy atom. The predicted octanol–water partition coefficient (Wildman–Crippen LogP) is 5.65. The molecule has 296 valence electrons. The third-order valence-electron chi connectivity index (χ3n) is 12.3. The lowest BCUT2D eigenvalue weighted by Crippen LogP contribution is -2.55. The molecule has 13 nitrogen and oxygen atoms in total. The molecule has 4 aliphatic rings. The molecule has 0 spiro atoms. The van der Waals surface area contributed by atoms with E-state index in [1.165, 1.54) is 6.42 Å². The highest BCUT2D eigenvalue weighted by atomic mass is 16.5. The highest BCUT2D eigenvalue weighted by Gasteiger charge is 2.41.